The van der Waals surface area contributed by atoms with Crippen molar-refractivity contribution in [3.63, 3.8) is 0 Å². The molecular weight excluding hydrogens is 308 g/mol. The van der Waals surface area contributed by atoms with Crippen molar-refractivity contribution in [1.29, 1.82) is 0 Å². The molecule has 0 fully saturated rings. The summed E-state index contributed by atoms with van der Waals surface area (Å²) < 4.78 is 8.22. The third kappa shape index (κ3) is 2.91. The number of aromatic nitrogens is 2. The van der Waals surface area contributed by atoms with Crippen molar-refractivity contribution in [1.82, 2.24) is 15.2 Å². The van der Waals surface area contributed by atoms with Crippen LogP contribution in [-0.4, -0.2) is 9.78 Å². The van der Waals surface area contributed by atoms with E-state index in [1.807, 2.05) is 10.7 Å². The molecule has 0 saturated carbocycles. The van der Waals surface area contributed by atoms with E-state index in [1.165, 1.54) is 0 Å². The number of hydrogen-bond donors (Lipinski definition) is 2. The zero-order chi connectivity index (χ0) is 13.8. The van der Waals surface area contributed by atoms with Gasteiger partial charge in [-0.25, -0.2) is 0 Å². The molecule has 6 heteroatoms. The highest BCUT2D eigenvalue weighted by Crippen LogP contribution is 2.27. The van der Waals surface area contributed by atoms with E-state index in [1.54, 1.807) is 12.5 Å². The fourth-order valence-electron chi connectivity index (χ4n) is 2.15. The summed E-state index contributed by atoms with van der Waals surface area (Å²) in [5, 5.41) is 4.59. The number of nitrogens with zero attached hydrogens (tertiary/aromatic N) is 2. The van der Waals surface area contributed by atoms with Crippen LogP contribution in [0.3, 0.4) is 0 Å². The Balaban J connectivity index is 2.29. The number of hydrogen-bond acceptors (Lipinski definition) is 4. The van der Waals surface area contributed by atoms with Gasteiger partial charge in [-0.3, -0.25) is 16.0 Å². The van der Waals surface area contributed by atoms with Crippen molar-refractivity contribution in [2.24, 2.45) is 5.84 Å². The minimum Gasteiger partial charge on any atom is -0.472 e. The molecule has 0 radical (unpaired) electrons. The van der Waals surface area contributed by atoms with Gasteiger partial charge in [0, 0.05) is 18.5 Å². The van der Waals surface area contributed by atoms with Crippen molar-refractivity contribution in [2.75, 3.05) is 0 Å². The number of aryl methyl sites for hydroxylation is 2. The van der Waals surface area contributed by atoms with E-state index >= 15 is 0 Å². The van der Waals surface area contributed by atoms with Gasteiger partial charge in [0.25, 0.3) is 0 Å². The van der Waals surface area contributed by atoms with Gasteiger partial charge in [0.05, 0.1) is 34.4 Å². The number of halogens is 1. The highest BCUT2D eigenvalue weighted by Gasteiger charge is 2.19. The third-order valence-corrected chi connectivity index (χ3v) is 4.15. The highest BCUT2D eigenvalue weighted by atomic mass is 79.9. The second kappa shape index (κ2) is 6.36. The van der Waals surface area contributed by atoms with Gasteiger partial charge >= 0.3 is 0 Å². The molecule has 0 aliphatic rings. The van der Waals surface area contributed by atoms with Crippen LogP contribution in [0.1, 0.15) is 36.8 Å². The van der Waals surface area contributed by atoms with Crippen LogP contribution < -0.4 is 11.3 Å². The van der Waals surface area contributed by atoms with Gasteiger partial charge in [0.1, 0.15) is 0 Å². The quantitative estimate of drug-likeness (QED) is 0.632. The first-order valence-electron chi connectivity index (χ1n) is 6.43. The molecule has 1 atom stereocenters. The van der Waals surface area contributed by atoms with E-state index in [2.05, 4.69) is 40.3 Å². The zero-order valence-electron chi connectivity index (χ0n) is 11.2. The summed E-state index contributed by atoms with van der Waals surface area (Å²) in [6, 6.07) is 1.94. The van der Waals surface area contributed by atoms with E-state index in [0.29, 0.717) is 0 Å². The van der Waals surface area contributed by atoms with Gasteiger partial charge in [-0.1, -0.05) is 6.92 Å². The molecule has 0 bridgehead atoms. The van der Waals surface area contributed by atoms with Gasteiger partial charge in [-0.2, -0.15) is 5.10 Å². The van der Waals surface area contributed by atoms with Crippen molar-refractivity contribution in [3.05, 3.63) is 40.0 Å². The summed E-state index contributed by atoms with van der Waals surface area (Å²) in [7, 11) is 0. The molecule has 2 rings (SSSR count). The van der Waals surface area contributed by atoms with Crippen LogP contribution in [0.2, 0.25) is 0 Å². The Labute approximate surface area is 121 Å². The molecule has 0 spiro atoms. The second-order valence-electron chi connectivity index (χ2n) is 4.36. The minimum absolute atomic E-state index is 0.0155. The molecule has 0 saturated heterocycles. The summed E-state index contributed by atoms with van der Waals surface area (Å²) in [5.74, 6) is 5.66. The van der Waals surface area contributed by atoms with Crippen LogP contribution in [0.4, 0.5) is 0 Å². The van der Waals surface area contributed by atoms with Gasteiger partial charge in [-0.15, -0.1) is 0 Å². The van der Waals surface area contributed by atoms with Crippen molar-refractivity contribution >= 4 is 15.9 Å². The van der Waals surface area contributed by atoms with Crippen LogP contribution >= 0.6 is 15.9 Å². The molecule has 2 aromatic heterocycles. The van der Waals surface area contributed by atoms with Crippen LogP contribution in [0.15, 0.2) is 27.5 Å². The number of nitrogens with one attached hydrogen (secondary N) is 1. The first-order valence-corrected chi connectivity index (χ1v) is 7.22. The Bertz CT molecular complexity index is 521. The SMILES string of the molecule is CCc1nn(CC)c(CC(NN)c2ccoc2)c1Br. The van der Waals surface area contributed by atoms with E-state index in [9.17, 15) is 0 Å². The van der Waals surface area contributed by atoms with Crippen LogP contribution in [0, 0.1) is 0 Å². The van der Waals surface area contributed by atoms with Gasteiger partial charge in [0.15, 0.2) is 0 Å². The summed E-state index contributed by atoms with van der Waals surface area (Å²) in [6.45, 7) is 5.04. The lowest BCUT2D eigenvalue weighted by molar-refractivity contribution is 0.503. The van der Waals surface area contributed by atoms with Gasteiger partial charge in [-0.05, 0) is 35.3 Å². The van der Waals surface area contributed by atoms with E-state index < -0.39 is 0 Å². The Morgan fingerprint density at radius 2 is 2.32 bits per heavy atom. The number of nitrogens with two attached hydrogens (primary N) is 1. The molecule has 2 aromatic rings. The smallest absolute Gasteiger partial charge is 0.0951 e. The molecule has 0 aliphatic heterocycles. The lowest BCUT2D eigenvalue weighted by Gasteiger charge is -2.15. The maximum Gasteiger partial charge on any atom is 0.0951 e. The average Bonchev–Trinajstić information content (AvgIpc) is 3.04. The molecule has 5 nitrogen and oxygen atoms in total. The fourth-order valence-corrected chi connectivity index (χ4v) is 2.88. The van der Waals surface area contributed by atoms with Crippen LogP contribution in [0.25, 0.3) is 0 Å². The Morgan fingerprint density at radius 3 is 2.84 bits per heavy atom. The highest BCUT2D eigenvalue weighted by molar-refractivity contribution is 9.10. The topological polar surface area (TPSA) is 69.0 Å². The minimum atomic E-state index is 0.0155. The molecule has 0 amide bonds. The Kier molecular flexibility index (Phi) is 4.79. The second-order valence-corrected chi connectivity index (χ2v) is 5.15. The predicted octanol–water partition coefficient (Wildman–Crippen LogP) is 2.57. The Morgan fingerprint density at radius 1 is 1.53 bits per heavy atom. The number of hydrazine groups is 1. The molecule has 104 valence electrons. The van der Waals surface area contributed by atoms with E-state index in [0.717, 1.165) is 40.8 Å². The van der Waals surface area contributed by atoms with Crippen molar-refractivity contribution in [3.8, 4) is 0 Å². The molecular formula is C13H19BrN4O. The van der Waals surface area contributed by atoms with Gasteiger partial charge in [0.2, 0.25) is 0 Å². The van der Waals surface area contributed by atoms with Crippen molar-refractivity contribution in [2.45, 2.75) is 39.3 Å². The van der Waals surface area contributed by atoms with E-state index in [4.69, 9.17) is 10.3 Å². The number of furan rings is 1. The van der Waals surface area contributed by atoms with Crippen molar-refractivity contribution < 1.29 is 4.42 Å². The van der Waals surface area contributed by atoms with E-state index in [-0.39, 0.29) is 6.04 Å². The average molecular weight is 327 g/mol. The first kappa shape index (κ1) is 14.3. The normalized spacial score (nSPS) is 12.8. The Hall–Kier alpha value is -1.11. The monoisotopic (exact) mass is 326 g/mol. The summed E-state index contributed by atoms with van der Waals surface area (Å²) in [6.07, 6.45) is 5.04. The number of rotatable bonds is 6. The third-order valence-electron chi connectivity index (χ3n) is 3.24. The maximum atomic E-state index is 5.66. The van der Waals surface area contributed by atoms with Gasteiger partial charge < -0.3 is 4.42 Å². The molecule has 0 aromatic carbocycles. The standard InChI is InChI=1S/C13H19BrN4O/c1-3-10-13(14)12(18(4-2)17-10)7-11(16-15)9-5-6-19-8-9/h5-6,8,11,16H,3-4,7,15H2,1-2H3. The molecule has 2 heterocycles. The lowest BCUT2D eigenvalue weighted by Crippen LogP contribution is -2.30. The molecule has 1 unspecified atom stereocenters. The largest absolute Gasteiger partial charge is 0.472 e. The first-order chi connectivity index (χ1) is 9.21. The summed E-state index contributed by atoms with van der Waals surface area (Å²) >= 11 is 3.65. The lowest BCUT2D eigenvalue weighted by atomic mass is 10.1. The maximum absolute atomic E-state index is 5.66. The zero-order valence-corrected chi connectivity index (χ0v) is 12.8. The summed E-state index contributed by atoms with van der Waals surface area (Å²) in [5.41, 5.74) is 6.11. The fraction of sp³-hybridized carbons (Fsp3) is 0.462. The molecule has 0 aliphatic carbocycles. The predicted molar refractivity (Wildman–Crippen MR) is 77.5 cm³/mol. The van der Waals surface area contributed by atoms with Crippen LogP contribution in [0.5, 0.6) is 0 Å². The van der Waals surface area contributed by atoms with Crippen LogP contribution in [-0.2, 0) is 19.4 Å². The summed E-state index contributed by atoms with van der Waals surface area (Å²) in [4.78, 5) is 0. The molecule has 3 N–H and O–H groups in total. The molecule has 19 heavy (non-hydrogen) atoms.